The molecule has 0 saturated heterocycles. The molecular weight excluding hydrogens is 481 g/mol. The summed E-state index contributed by atoms with van der Waals surface area (Å²) in [6.45, 7) is 3.59. The minimum absolute atomic E-state index is 0.183. The fourth-order valence-corrected chi connectivity index (χ4v) is 5.17. The number of hydrogen-bond acceptors (Lipinski definition) is 5. The van der Waals surface area contributed by atoms with E-state index in [-0.39, 0.29) is 5.39 Å². The Balaban J connectivity index is 1.69. The number of thiophene rings is 1. The van der Waals surface area contributed by atoms with Gasteiger partial charge in [-0.05, 0) is 37.1 Å². The molecule has 0 unspecified atom stereocenters. The Morgan fingerprint density at radius 2 is 1.77 bits per heavy atom. The first kappa shape index (κ1) is 22.7. The normalized spacial score (nSPS) is 11.4. The van der Waals surface area contributed by atoms with Crippen molar-refractivity contribution in [1.29, 1.82) is 0 Å². The molecule has 0 saturated carbocycles. The van der Waals surface area contributed by atoms with Gasteiger partial charge in [-0.25, -0.2) is 27.5 Å². The van der Waals surface area contributed by atoms with Crippen molar-refractivity contribution in [2.24, 2.45) is 0 Å². The number of aryl methyl sites for hydroxylation is 2. The fraction of sp³-hybridized carbons (Fsp3) is 0.125. The molecule has 0 aliphatic carbocycles. The average molecular weight is 498 g/mol. The zero-order valence-corrected chi connectivity index (χ0v) is 19.5. The van der Waals surface area contributed by atoms with E-state index in [1.54, 1.807) is 20.4 Å². The summed E-state index contributed by atoms with van der Waals surface area (Å²) in [4.78, 5) is 33.8. The van der Waals surface area contributed by atoms with Crippen LogP contribution < -0.4 is 16.0 Å². The van der Waals surface area contributed by atoms with Crippen LogP contribution in [0, 0.1) is 31.3 Å². The molecule has 1 N–H and O–H groups in total. The van der Waals surface area contributed by atoms with Gasteiger partial charge in [0, 0.05) is 23.2 Å². The summed E-state index contributed by atoms with van der Waals surface area (Å²) in [5.41, 5.74) is 0.839. The number of hydrogen-bond donors (Lipinski definition) is 1. The first-order valence-corrected chi connectivity index (χ1v) is 11.1. The highest BCUT2D eigenvalue weighted by molar-refractivity contribution is 7.22. The Bertz CT molecular complexity index is 1730. The molecule has 178 valence electrons. The number of rotatable bonds is 4. The van der Waals surface area contributed by atoms with Crippen LogP contribution in [0.15, 0.2) is 52.4 Å². The lowest BCUT2D eigenvalue weighted by Crippen LogP contribution is -2.33. The quantitative estimate of drug-likeness (QED) is 0.366. The van der Waals surface area contributed by atoms with Crippen LogP contribution in [-0.4, -0.2) is 26.2 Å². The molecule has 0 atom stereocenters. The lowest BCUT2D eigenvalue weighted by Gasteiger charge is -2.11. The zero-order chi connectivity index (χ0) is 25.0. The number of nitrogens with zero attached hydrogens (tertiary/aromatic N) is 3. The van der Waals surface area contributed by atoms with Gasteiger partial charge in [0.1, 0.15) is 10.6 Å². The maximum atomic E-state index is 13.8. The molecule has 0 amide bonds. The van der Waals surface area contributed by atoms with E-state index in [1.165, 1.54) is 11.3 Å². The van der Waals surface area contributed by atoms with Gasteiger partial charge in [-0.1, -0.05) is 6.07 Å². The number of methoxy groups -OCH3 is 1. The van der Waals surface area contributed by atoms with E-state index in [2.05, 4.69) is 9.97 Å². The molecule has 0 aliphatic rings. The molecular formula is C24H17F3N4O3S. The number of fused-ring (bicyclic) bond motifs is 1. The van der Waals surface area contributed by atoms with Crippen LogP contribution in [0.25, 0.3) is 32.0 Å². The molecule has 5 rings (SSSR count). The Hall–Kier alpha value is -4.12. The summed E-state index contributed by atoms with van der Waals surface area (Å²) in [5, 5.41) is 0.183. The molecule has 7 nitrogen and oxygen atoms in total. The first-order valence-electron chi connectivity index (χ1n) is 10.3. The predicted octanol–water partition coefficient (Wildman–Crippen LogP) is 4.64. The smallest absolute Gasteiger partial charge is 0.334 e. The second kappa shape index (κ2) is 8.27. The number of ether oxygens (including phenoxy) is 1. The highest BCUT2D eigenvalue weighted by Gasteiger charge is 2.21. The number of aromatic nitrogens is 4. The molecule has 2 aromatic carbocycles. The molecule has 11 heteroatoms. The van der Waals surface area contributed by atoms with Crippen molar-refractivity contribution in [1.82, 2.24) is 19.1 Å². The van der Waals surface area contributed by atoms with Crippen LogP contribution in [0.1, 0.15) is 11.3 Å². The Morgan fingerprint density at radius 3 is 2.40 bits per heavy atom. The summed E-state index contributed by atoms with van der Waals surface area (Å²) in [7, 11) is 1.54. The predicted molar refractivity (Wildman–Crippen MR) is 127 cm³/mol. The van der Waals surface area contributed by atoms with Gasteiger partial charge in [-0.15, -0.1) is 11.3 Å². The SMILES string of the molecule is COc1cc(-c2sc3[nH]c(=O)n(-c4cc(F)c(F)c(F)c4)c(=O)c3c2C)ccc1-n1cnc(C)c1. The number of nitrogens with one attached hydrogen (secondary N) is 1. The van der Waals surface area contributed by atoms with Crippen molar-refractivity contribution in [3.63, 3.8) is 0 Å². The molecule has 0 fully saturated rings. The van der Waals surface area contributed by atoms with E-state index < -0.39 is 34.4 Å². The van der Waals surface area contributed by atoms with Gasteiger partial charge < -0.3 is 9.30 Å². The van der Waals surface area contributed by atoms with Crippen LogP contribution >= 0.6 is 11.3 Å². The molecule has 35 heavy (non-hydrogen) atoms. The van der Waals surface area contributed by atoms with Gasteiger partial charge >= 0.3 is 5.69 Å². The largest absolute Gasteiger partial charge is 0.495 e. The summed E-state index contributed by atoms with van der Waals surface area (Å²) >= 11 is 1.19. The van der Waals surface area contributed by atoms with Crippen molar-refractivity contribution in [3.8, 4) is 27.6 Å². The Labute approximate surface area is 199 Å². The molecule has 0 aliphatic heterocycles. The summed E-state index contributed by atoms with van der Waals surface area (Å²) in [6.07, 6.45) is 3.53. The number of H-pyrrole nitrogens is 1. The van der Waals surface area contributed by atoms with Crippen LogP contribution in [0.2, 0.25) is 0 Å². The van der Waals surface area contributed by atoms with Crippen LogP contribution in [0.5, 0.6) is 5.75 Å². The number of halogens is 3. The van der Waals surface area contributed by atoms with E-state index in [4.69, 9.17) is 4.74 Å². The minimum atomic E-state index is -1.68. The van der Waals surface area contributed by atoms with Crippen molar-refractivity contribution in [2.45, 2.75) is 13.8 Å². The zero-order valence-electron chi connectivity index (χ0n) is 18.6. The van der Waals surface area contributed by atoms with Gasteiger partial charge in [-0.3, -0.25) is 9.78 Å². The molecule has 5 aromatic rings. The van der Waals surface area contributed by atoms with Gasteiger partial charge in [0.25, 0.3) is 5.56 Å². The highest BCUT2D eigenvalue weighted by atomic mass is 32.1. The number of aromatic amines is 1. The summed E-state index contributed by atoms with van der Waals surface area (Å²) in [5.74, 6) is -4.12. The highest BCUT2D eigenvalue weighted by Crippen LogP contribution is 2.38. The third-order valence-electron chi connectivity index (χ3n) is 5.65. The number of imidazole rings is 1. The average Bonchev–Trinajstić information content (AvgIpc) is 3.39. The lowest BCUT2D eigenvalue weighted by atomic mass is 10.1. The third-order valence-corrected chi connectivity index (χ3v) is 6.90. The van der Waals surface area contributed by atoms with Crippen LogP contribution in [0.3, 0.4) is 0 Å². The van der Waals surface area contributed by atoms with Crippen molar-refractivity contribution >= 4 is 21.6 Å². The van der Waals surface area contributed by atoms with Gasteiger partial charge in [-0.2, -0.15) is 0 Å². The maximum absolute atomic E-state index is 13.8. The molecule has 0 spiro atoms. The topological polar surface area (TPSA) is 81.9 Å². The minimum Gasteiger partial charge on any atom is -0.495 e. The molecule has 0 radical (unpaired) electrons. The lowest BCUT2D eigenvalue weighted by molar-refractivity contribution is 0.413. The fourth-order valence-electron chi connectivity index (χ4n) is 3.98. The van der Waals surface area contributed by atoms with E-state index in [9.17, 15) is 22.8 Å². The van der Waals surface area contributed by atoms with Gasteiger partial charge in [0.15, 0.2) is 17.5 Å². The van der Waals surface area contributed by atoms with Crippen molar-refractivity contribution in [3.05, 3.63) is 92.4 Å². The van der Waals surface area contributed by atoms with Crippen LogP contribution in [0.4, 0.5) is 13.2 Å². The van der Waals surface area contributed by atoms with E-state index in [1.807, 2.05) is 35.9 Å². The first-order chi connectivity index (χ1) is 16.7. The van der Waals surface area contributed by atoms with Gasteiger partial charge in [0.05, 0.1) is 35.9 Å². The van der Waals surface area contributed by atoms with E-state index in [0.29, 0.717) is 37.7 Å². The Kier molecular flexibility index (Phi) is 5.36. The summed E-state index contributed by atoms with van der Waals surface area (Å²) < 4.78 is 48.9. The van der Waals surface area contributed by atoms with E-state index in [0.717, 1.165) is 16.9 Å². The van der Waals surface area contributed by atoms with E-state index >= 15 is 0 Å². The Morgan fingerprint density at radius 1 is 1.06 bits per heavy atom. The second-order valence-corrected chi connectivity index (χ2v) is 8.88. The van der Waals surface area contributed by atoms with Gasteiger partial charge in [0.2, 0.25) is 0 Å². The number of benzene rings is 2. The third kappa shape index (κ3) is 3.64. The monoisotopic (exact) mass is 498 g/mol. The van der Waals surface area contributed by atoms with Crippen LogP contribution in [-0.2, 0) is 0 Å². The maximum Gasteiger partial charge on any atom is 0.334 e. The van der Waals surface area contributed by atoms with Crippen molar-refractivity contribution < 1.29 is 17.9 Å². The standard InChI is InChI=1S/C24H17F3N4O3S/c1-11-9-30(10-28-11)17-5-4-13(6-18(17)34-3)21-12(2)19-22(35-21)29-24(33)31(23(19)32)14-7-15(25)20(27)16(26)8-14/h4-10H,1-3H3,(H,29,33). The summed E-state index contributed by atoms with van der Waals surface area (Å²) in [6, 6.07) is 6.72. The second-order valence-electron chi connectivity index (χ2n) is 7.86. The van der Waals surface area contributed by atoms with Crippen molar-refractivity contribution in [2.75, 3.05) is 7.11 Å². The molecule has 3 aromatic heterocycles. The molecule has 3 heterocycles. The molecule has 0 bridgehead atoms.